The van der Waals surface area contributed by atoms with Crippen molar-refractivity contribution in [3.63, 3.8) is 0 Å². The SMILES string of the molecule is CC1CCN(CC2CC2)C1c1cc(O)c2c(c1Cl)C[C@H]1C[C@H]3[C@H](N(C)C)C(=O)C(C(N)=O)=C(O)[C@@]3(O)C(=O)C1=C2O. The molecule has 10 nitrogen and oxygen atoms in total. The van der Waals surface area contributed by atoms with Crippen LogP contribution in [0.5, 0.6) is 5.75 Å². The number of phenols is 1. The monoisotopic (exact) mass is 585 g/mol. The van der Waals surface area contributed by atoms with Gasteiger partial charge < -0.3 is 26.2 Å². The lowest BCUT2D eigenvalue weighted by molar-refractivity contribution is -0.153. The molecule has 220 valence electrons. The van der Waals surface area contributed by atoms with Crippen molar-refractivity contribution in [2.45, 2.75) is 56.7 Å². The van der Waals surface area contributed by atoms with Gasteiger partial charge in [-0.1, -0.05) is 18.5 Å². The van der Waals surface area contributed by atoms with Crippen molar-refractivity contribution in [1.82, 2.24) is 9.80 Å². The van der Waals surface area contributed by atoms with Crippen LogP contribution in [0.1, 0.15) is 55.3 Å². The first-order valence-electron chi connectivity index (χ1n) is 14.2. The van der Waals surface area contributed by atoms with Crippen LogP contribution in [0.15, 0.2) is 23.0 Å². The highest BCUT2D eigenvalue weighted by Gasteiger charge is 2.64. The standard InChI is InChI=1S/C30H36ClN3O7/c1-12-6-7-34(11-13-4-5-13)23(12)16-10-18(35)20-15(22(16)31)8-14-9-17-24(33(2)3)26(37)21(29(32)40)28(39)30(17,41)27(38)19(14)25(20)36/h10,12-14,17,23-24,35-36,39,41H,4-9,11H2,1-3H3,(H2,32,40)/t12?,14-,17-,23?,24-,30-/m0/s1. The van der Waals surface area contributed by atoms with E-state index < -0.39 is 58.0 Å². The Balaban J connectivity index is 1.48. The number of nitrogens with two attached hydrogens (primary N) is 1. The van der Waals surface area contributed by atoms with Crippen LogP contribution < -0.4 is 5.73 Å². The van der Waals surface area contributed by atoms with E-state index in [1.807, 2.05) is 0 Å². The summed E-state index contributed by atoms with van der Waals surface area (Å²) < 4.78 is 0. The number of rotatable bonds is 5. The lowest BCUT2D eigenvalue weighted by Gasteiger charge is -2.50. The molecule has 2 saturated carbocycles. The van der Waals surface area contributed by atoms with Gasteiger partial charge in [-0.05, 0) is 87.7 Å². The molecule has 5 aliphatic rings. The fourth-order valence-corrected chi connectivity index (χ4v) is 8.23. The van der Waals surface area contributed by atoms with Gasteiger partial charge in [0.25, 0.3) is 5.91 Å². The summed E-state index contributed by atoms with van der Waals surface area (Å²) in [6.45, 7) is 4.08. The highest BCUT2D eigenvalue weighted by Crippen LogP contribution is 2.55. The maximum absolute atomic E-state index is 14.0. The van der Waals surface area contributed by atoms with Crippen LogP contribution in [-0.2, 0) is 20.8 Å². The van der Waals surface area contributed by atoms with Crippen LogP contribution >= 0.6 is 11.6 Å². The Morgan fingerprint density at radius 1 is 1.20 bits per heavy atom. The van der Waals surface area contributed by atoms with E-state index in [9.17, 15) is 34.8 Å². The van der Waals surface area contributed by atoms with Crippen molar-refractivity contribution in [1.29, 1.82) is 0 Å². The number of carbonyl (C=O) groups excluding carboxylic acids is 3. The number of ketones is 2. The number of hydrogen-bond acceptors (Lipinski definition) is 9. The molecule has 6 atom stereocenters. The Bertz CT molecular complexity index is 1450. The molecule has 41 heavy (non-hydrogen) atoms. The molecule has 0 spiro atoms. The molecule has 1 aromatic rings. The molecule has 1 amide bonds. The van der Waals surface area contributed by atoms with E-state index in [0.717, 1.165) is 25.1 Å². The van der Waals surface area contributed by atoms with Crippen molar-refractivity contribution >= 4 is 34.8 Å². The van der Waals surface area contributed by atoms with Crippen LogP contribution in [0.2, 0.25) is 5.02 Å². The number of halogens is 1. The highest BCUT2D eigenvalue weighted by molar-refractivity contribution is 6.33. The van der Waals surface area contributed by atoms with Crippen LogP contribution in [-0.4, -0.2) is 86.5 Å². The minimum absolute atomic E-state index is 0.00768. The van der Waals surface area contributed by atoms with Crippen LogP contribution in [0.4, 0.5) is 0 Å². The van der Waals surface area contributed by atoms with E-state index >= 15 is 0 Å². The molecule has 1 saturated heterocycles. The third-order valence-corrected chi connectivity index (χ3v) is 10.4. The van der Waals surface area contributed by atoms with Gasteiger partial charge in [-0.25, -0.2) is 0 Å². The van der Waals surface area contributed by atoms with Crippen LogP contribution in [0, 0.1) is 23.7 Å². The first-order chi connectivity index (χ1) is 19.3. The maximum Gasteiger partial charge on any atom is 0.255 e. The molecule has 1 aliphatic heterocycles. The zero-order valence-electron chi connectivity index (χ0n) is 23.4. The molecule has 4 aliphatic carbocycles. The second-order valence-electron chi connectivity index (χ2n) is 12.8. The lowest BCUT2D eigenvalue weighted by Crippen LogP contribution is -2.65. The van der Waals surface area contributed by atoms with Crippen LogP contribution in [0.3, 0.4) is 0 Å². The molecule has 6 N–H and O–H groups in total. The maximum atomic E-state index is 14.0. The molecule has 1 aromatic carbocycles. The lowest BCUT2D eigenvalue weighted by atomic mass is 9.57. The Morgan fingerprint density at radius 2 is 1.88 bits per heavy atom. The number of Topliss-reactive ketones (excluding diaryl/α,β-unsaturated/α-hetero) is 2. The normalized spacial score (nSPS) is 33.8. The topological polar surface area (TPSA) is 165 Å². The highest BCUT2D eigenvalue weighted by atomic mass is 35.5. The van der Waals surface area contributed by atoms with E-state index in [-0.39, 0.29) is 35.8 Å². The largest absolute Gasteiger partial charge is 0.508 e. The number of benzene rings is 1. The molecule has 6 rings (SSSR count). The van der Waals surface area contributed by atoms with E-state index in [2.05, 4.69) is 11.8 Å². The number of carbonyl (C=O) groups is 3. The van der Waals surface area contributed by atoms with E-state index in [4.69, 9.17) is 17.3 Å². The summed E-state index contributed by atoms with van der Waals surface area (Å²) >= 11 is 7.07. The van der Waals surface area contributed by atoms with Gasteiger partial charge in [0.05, 0.1) is 11.6 Å². The Labute approximate surface area is 243 Å². The third-order valence-electron chi connectivity index (χ3n) is 9.99. The Morgan fingerprint density at radius 3 is 2.49 bits per heavy atom. The van der Waals surface area contributed by atoms with Gasteiger partial charge in [-0.15, -0.1) is 0 Å². The van der Waals surface area contributed by atoms with Gasteiger partial charge in [0, 0.05) is 29.1 Å². The quantitative estimate of drug-likeness (QED) is 0.326. The first kappa shape index (κ1) is 28.2. The zero-order valence-corrected chi connectivity index (χ0v) is 24.1. The number of aromatic hydroxyl groups is 1. The van der Waals surface area contributed by atoms with Crippen LogP contribution in [0.25, 0.3) is 5.76 Å². The van der Waals surface area contributed by atoms with Gasteiger partial charge in [-0.2, -0.15) is 0 Å². The predicted octanol–water partition coefficient (Wildman–Crippen LogP) is 2.41. The summed E-state index contributed by atoms with van der Waals surface area (Å²) in [5, 5.41) is 45.8. The van der Waals surface area contributed by atoms with Crippen molar-refractivity contribution in [2.75, 3.05) is 27.2 Å². The molecule has 0 bridgehead atoms. The Hall–Kier alpha value is -2.92. The minimum atomic E-state index is -2.66. The first-order valence-corrected chi connectivity index (χ1v) is 14.6. The number of likely N-dealkylation sites (tertiary alicyclic amines) is 1. The molecule has 0 aromatic heterocycles. The summed E-state index contributed by atoms with van der Waals surface area (Å²) in [6, 6.07) is 0.450. The number of primary amides is 1. The molecule has 2 unspecified atom stereocenters. The minimum Gasteiger partial charge on any atom is -0.508 e. The molecule has 11 heteroatoms. The molecular weight excluding hydrogens is 550 g/mol. The summed E-state index contributed by atoms with van der Waals surface area (Å²) in [4.78, 5) is 43.3. The van der Waals surface area contributed by atoms with E-state index in [1.165, 1.54) is 17.7 Å². The van der Waals surface area contributed by atoms with E-state index in [0.29, 0.717) is 22.4 Å². The van der Waals surface area contributed by atoms with E-state index in [1.54, 1.807) is 20.2 Å². The summed E-state index contributed by atoms with van der Waals surface area (Å²) in [5.74, 6) is -5.72. The van der Waals surface area contributed by atoms with Crippen molar-refractivity contribution in [3.8, 4) is 5.75 Å². The second-order valence-corrected chi connectivity index (χ2v) is 13.1. The predicted molar refractivity (Wildman–Crippen MR) is 150 cm³/mol. The fourth-order valence-electron chi connectivity index (χ4n) is 7.89. The number of hydrogen-bond donors (Lipinski definition) is 5. The number of amides is 1. The van der Waals surface area contributed by atoms with Crippen molar-refractivity contribution in [3.05, 3.63) is 44.7 Å². The molecule has 3 fully saturated rings. The van der Waals surface area contributed by atoms with Crippen molar-refractivity contribution in [2.24, 2.45) is 29.4 Å². The van der Waals surface area contributed by atoms with Crippen molar-refractivity contribution < 1.29 is 34.8 Å². The zero-order chi connectivity index (χ0) is 29.7. The molecule has 0 radical (unpaired) electrons. The fraction of sp³-hybridized carbons (Fsp3) is 0.567. The van der Waals surface area contributed by atoms with Gasteiger partial charge in [0.15, 0.2) is 11.4 Å². The average molecular weight is 586 g/mol. The second kappa shape index (κ2) is 9.55. The van der Waals surface area contributed by atoms with Gasteiger partial charge >= 0.3 is 0 Å². The van der Waals surface area contributed by atoms with Gasteiger partial charge in [0.1, 0.15) is 22.8 Å². The number of likely N-dealkylation sites (N-methyl/N-ethyl adjacent to an activating group) is 1. The number of aliphatic hydroxyl groups is 3. The smallest absolute Gasteiger partial charge is 0.255 e. The van der Waals surface area contributed by atoms with Gasteiger partial charge in [-0.3, -0.25) is 24.2 Å². The summed E-state index contributed by atoms with van der Waals surface area (Å²) in [5.41, 5.74) is 3.03. The number of aliphatic hydroxyl groups excluding tert-OH is 2. The average Bonchev–Trinajstić information content (AvgIpc) is 3.63. The summed E-state index contributed by atoms with van der Waals surface area (Å²) in [7, 11) is 3.15. The Kier molecular flexibility index (Phi) is 6.57. The number of phenolic OH excluding ortho intramolecular Hbond substituents is 1. The summed E-state index contributed by atoms with van der Waals surface area (Å²) in [6.07, 6.45) is 3.64. The number of fused-ring (bicyclic) bond motifs is 3. The molecule has 1 heterocycles. The molecular formula is C30H36ClN3O7. The number of nitrogens with zero attached hydrogens (tertiary/aromatic N) is 2. The third kappa shape index (κ3) is 3.98. The van der Waals surface area contributed by atoms with Gasteiger partial charge in [0.2, 0.25) is 5.78 Å².